The van der Waals surface area contributed by atoms with Crippen molar-refractivity contribution in [3.05, 3.63) is 71.2 Å². The Hall–Kier alpha value is -2.13. The highest BCUT2D eigenvalue weighted by molar-refractivity contribution is 7.89. The van der Waals surface area contributed by atoms with E-state index in [-0.39, 0.29) is 34.3 Å². The molecule has 2 saturated heterocycles. The van der Waals surface area contributed by atoms with Gasteiger partial charge in [-0.1, -0.05) is 47.5 Å². The Kier molecular flexibility index (Phi) is 10.9. The fourth-order valence-electron chi connectivity index (χ4n) is 5.39. The van der Waals surface area contributed by atoms with Gasteiger partial charge in [0, 0.05) is 84.6 Å². The number of hydrogen-bond donors (Lipinski definition) is 2. The average Bonchev–Trinajstić information content (AvgIpc) is 3.68. The van der Waals surface area contributed by atoms with Gasteiger partial charge < -0.3 is 10.6 Å². The van der Waals surface area contributed by atoms with Crippen LogP contribution in [0, 0.1) is 0 Å². The smallest absolute Gasteiger partial charge is 0.243 e. The minimum absolute atomic E-state index is 0. The largest absolute Gasteiger partial charge is 0.316 e. The van der Waals surface area contributed by atoms with E-state index in [0.29, 0.717) is 47.0 Å². The number of benzene rings is 2. The third kappa shape index (κ3) is 6.77. The summed E-state index contributed by atoms with van der Waals surface area (Å²) in [5.74, 6) is 0. The van der Waals surface area contributed by atoms with Crippen molar-refractivity contribution < 1.29 is 16.8 Å². The van der Waals surface area contributed by atoms with Gasteiger partial charge in [-0.2, -0.15) is 8.61 Å². The van der Waals surface area contributed by atoms with Gasteiger partial charge in [-0.05, 0) is 39.1 Å². The second kappa shape index (κ2) is 13.9. The molecular weight excluding hydrogens is 655 g/mol. The van der Waals surface area contributed by atoms with E-state index in [0.717, 1.165) is 23.6 Å². The van der Waals surface area contributed by atoms with Crippen LogP contribution in [0.5, 0.6) is 0 Å². The second-order valence-electron chi connectivity index (χ2n) is 10.2. The number of nitrogens with zero attached hydrogens (tertiary/aromatic N) is 4. The van der Waals surface area contributed by atoms with Crippen molar-refractivity contribution in [2.75, 3.05) is 40.3 Å². The lowest BCUT2D eigenvalue weighted by Gasteiger charge is -2.18. The molecular formula is C28H33Cl3N6O4S2. The maximum absolute atomic E-state index is 12.9. The first-order chi connectivity index (χ1) is 20.1. The SMILES string of the molecule is CN[C@H]1CCN(S(=O)(=O)c2cccc3cncc(Cl)c23)C1.CN[C@H]1CCN(S(=O)(=O)c2cccc3cncc(Cl)c23)C1.Cl. The number of rotatable bonds is 6. The molecule has 2 aliphatic rings. The van der Waals surface area contributed by atoms with E-state index in [1.165, 1.54) is 21.0 Å². The molecule has 232 valence electrons. The Balaban J connectivity index is 0.000000192. The van der Waals surface area contributed by atoms with Crippen LogP contribution in [0.4, 0.5) is 0 Å². The molecule has 2 aromatic carbocycles. The molecule has 10 nitrogen and oxygen atoms in total. The third-order valence-electron chi connectivity index (χ3n) is 7.75. The fourth-order valence-corrected chi connectivity index (χ4v) is 9.51. The predicted octanol–water partition coefficient (Wildman–Crippen LogP) is 4.16. The van der Waals surface area contributed by atoms with E-state index in [4.69, 9.17) is 23.2 Å². The normalized spacial score (nSPS) is 19.7. The number of hydrogen-bond acceptors (Lipinski definition) is 8. The van der Waals surface area contributed by atoms with Crippen LogP contribution < -0.4 is 10.6 Å². The van der Waals surface area contributed by atoms with E-state index < -0.39 is 20.0 Å². The molecule has 0 spiro atoms. The van der Waals surface area contributed by atoms with Gasteiger partial charge in [-0.25, -0.2) is 16.8 Å². The standard InChI is InChI=1S/2C14H16ClN3O2S.ClH/c2*1-16-11-5-6-18(9-11)21(19,20)13-4-2-3-10-7-17-8-12(15)14(10)13;/h2*2-4,7-8,11,16H,5-6,9H2,1H3;1H/t2*11-;/m00./s1. The van der Waals surface area contributed by atoms with E-state index in [2.05, 4.69) is 20.6 Å². The van der Waals surface area contributed by atoms with Crippen LogP contribution in [-0.2, 0) is 20.0 Å². The van der Waals surface area contributed by atoms with Crippen LogP contribution in [0.1, 0.15) is 12.8 Å². The van der Waals surface area contributed by atoms with Crippen LogP contribution in [0.25, 0.3) is 21.5 Å². The molecule has 43 heavy (non-hydrogen) atoms. The van der Waals surface area contributed by atoms with E-state index in [1.807, 2.05) is 26.2 Å². The summed E-state index contributed by atoms with van der Waals surface area (Å²) in [6, 6.07) is 10.7. The number of sulfonamides is 2. The van der Waals surface area contributed by atoms with Gasteiger partial charge in [0.15, 0.2) is 0 Å². The summed E-state index contributed by atoms with van der Waals surface area (Å²) in [7, 11) is -3.40. The second-order valence-corrected chi connectivity index (χ2v) is 14.9. The van der Waals surface area contributed by atoms with Gasteiger partial charge >= 0.3 is 0 Å². The predicted molar refractivity (Wildman–Crippen MR) is 173 cm³/mol. The van der Waals surface area contributed by atoms with Gasteiger partial charge in [0.05, 0.1) is 19.8 Å². The van der Waals surface area contributed by atoms with E-state index >= 15 is 0 Å². The lowest BCUT2D eigenvalue weighted by Crippen LogP contribution is -2.33. The molecule has 2 aliphatic heterocycles. The first-order valence-electron chi connectivity index (χ1n) is 13.5. The molecule has 2 fully saturated rings. The highest BCUT2D eigenvalue weighted by Crippen LogP contribution is 2.33. The molecule has 0 bridgehead atoms. The average molecular weight is 688 g/mol. The van der Waals surface area contributed by atoms with Crippen molar-refractivity contribution in [1.82, 2.24) is 29.2 Å². The lowest BCUT2D eigenvalue weighted by atomic mass is 10.2. The molecule has 2 N–H and O–H groups in total. The Bertz CT molecular complexity index is 1680. The van der Waals surface area contributed by atoms with Crippen LogP contribution >= 0.6 is 35.6 Å². The highest BCUT2D eigenvalue weighted by atomic mass is 35.5. The quantitative estimate of drug-likeness (QED) is 0.310. The van der Waals surface area contributed by atoms with E-state index in [9.17, 15) is 16.8 Å². The Labute approximate surface area is 268 Å². The zero-order valence-electron chi connectivity index (χ0n) is 23.6. The summed E-state index contributed by atoms with van der Waals surface area (Å²) >= 11 is 12.3. The fraction of sp³-hybridized carbons (Fsp3) is 0.357. The van der Waals surface area contributed by atoms with Crippen LogP contribution in [0.15, 0.2) is 71.0 Å². The Morgan fingerprint density at radius 1 is 0.698 bits per heavy atom. The van der Waals surface area contributed by atoms with Gasteiger partial charge in [-0.15, -0.1) is 12.4 Å². The molecule has 0 aliphatic carbocycles. The first-order valence-corrected chi connectivity index (χ1v) is 17.1. The molecule has 2 aromatic heterocycles. The Morgan fingerprint density at radius 2 is 1.09 bits per heavy atom. The molecule has 0 amide bonds. The molecule has 0 radical (unpaired) electrons. The number of halogens is 3. The third-order valence-corrected chi connectivity index (χ3v) is 12.1. The zero-order valence-corrected chi connectivity index (χ0v) is 27.5. The molecule has 2 atom stereocenters. The van der Waals surface area contributed by atoms with Crippen LogP contribution in [0.3, 0.4) is 0 Å². The van der Waals surface area contributed by atoms with Crippen molar-refractivity contribution in [2.45, 2.75) is 34.7 Å². The topological polar surface area (TPSA) is 125 Å². The number of aromatic nitrogens is 2. The molecule has 0 saturated carbocycles. The first kappa shape index (κ1) is 33.8. The summed E-state index contributed by atoms with van der Waals surface area (Å²) in [4.78, 5) is 8.52. The number of nitrogens with one attached hydrogen (secondary N) is 2. The van der Waals surface area contributed by atoms with Crippen LogP contribution in [0.2, 0.25) is 10.0 Å². The summed E-state index contributed by atoms with van der Waals surface area (Å²) in [6.07, 6.45) is 7.83. The van der Waals surface area contributed by atoms with Gasteiger partial charge in [0.1, 0.15) is 0 Å². The lowest BCUT2D eigenvalue weighted by molar-refractivity contribution is 0.464. The molecule has 6 rings (SSSR count). The van der Waals surface area contributed by atoms with Gasteiger partial charge in [0.25, 0.3) is 0 Å². The molecule has 4 heterocycles. The molecule has 15 heteroatoms. The maximum Gasteiger partial charge on any atom is 0.243 e. The number of pyridine rings is 2. The molecule has 0 unspecified atom stereocenters. The summed E-state index contributed by atoms with van der Waals surface area (Å²) in [6.45, 7) is 2.01. The minimum atomic E-state index is -3.55. The summed E-state index contributed by atoms with van der Waals surface area (Å²) in [5.41, 5.74) is 0. The van der Waals surface area contributed by atoms with Gasteiger partial charge in [0.2, 0.25) is 20.0 Å². The monoisotopic (exact) mass is 686 g/mol. The molecule has 4 aromatic rings. The summed E-state index contributed by atoms with van der Waals surface area (Å²) < 4.78 is 54.6. The van der Waals surface area contributed by atoms with Gasteiger partial charge in [-0.3, -0.25) is 9.97 Å². The number of likely N-dealkylation sites (N-methyl/N-ethyl adjacent to an activating group) is 2. The van der Waals surface area contributed by atoms with Crippen molar-refractivity contribution in [1.29, 1.82) is 0 Å². The highest BCUT2D eigenvalue weighted by Gasteiger charge is 2.34. The Morgan fingerprint density at radius 3 is 1.44 bits per heavy atom. The number of fused-ring (bicyclic) bond motifs is 2. The van der Waals surface area contributed by atoms with Crippen LogP contribution in [-0.4, -0.2) is 87.8 Å². The summed E-state index contributed by atoms with van der Waals surface area (Å²) in [5, 5.41) is 9.51. The van der Waals surface area contributed by atoms with Crippen molar-refractivity contribution >= 4 is 77.2 Å². The van der Waals surface area contributed by atoms with Crippen molar-refractivity contribution in [3.63, 3.8) is 0 Å². The minimum Gasteiger partial charge on any atom is -0.316 e. The van der Waals surface area contributed by atoms with Crippen molar-refractivity contribution in [2.24, 2.45) is 0 Å². The van der Waals surface area contributed by atoms with Crippen molar-refractivity contribution in [3.8, 4) is 0 Å². The van der Waals surface area contributed by atoms with E-state index in [1.54, 1.807) is 36.7 Å². The maximum atomic E-state index is 12.9. The zero-order chi connectivity index (χ0) is 30.1.